The van der Waals surface area contributed by atoms with Gasteiger partial charge in [0.15, 0.2) is 0 Å². The summed E-state index contributed by atoms with van der Waals surface area (Å²) in [4.78, 5) is 0. The largest absolute Gasteiger partial charge is 1.00 e. The van der Waals surface area contributed by atoms with Crippen molar-refractivity contribution in [2.24, 2.45) is 0 Å². The third-order valence-electron chi connectivity index (χ3n) is 2.06. The van der Waals surface area contributed by atoms with Crippen molar-refractivity contribution in [2.45, 2.75) is 5.25 Å². The van der Waals surface area contributed by atoms with Crippen LogP contribution in [0.2, 0.25) is 0 Å². The summed E-state index contributed by atoms with van der Waals surface area (Å²) < 4.78 is 32.4. The van der Waals surface area contributed by atoms with Gasteiger partial charge >= 0.3 is 29.6 Å². The van der Waals surface area contributed by atoms with Gasteiger partial charge in [-0.3, -0.25) is 0 Å². The first-order valence-electron chi connectivity index (χ1n) is 3.81. The van der Waals surface area contributed by atoms with E-state index in [1.54, 1.807) is 24.3 Å². The Bertz CT molecular complexity index is 465. The van der Waals surface area contributed by atoms with Gasteiger partial charge in [-0.25, -0.2) is 8.42 Å². The maximum atomic E-state index is 10.8. The smallest absolute Gasteiger partial charge is 0.747 e. The van der Waals surface area contributed by atoms with Gasteiger partial charge in [-0.2, -0.15) is 0 Å². The standard InChI is InChI=1S/C9H8O3S.Na/c10-13(11,12)9-6-5-7-3-1-2-4-8(7)9;/h1-6,9H,(H,10,11,12);/q;+1/p-1. The second kappa shape index (κ2) is 4.16. The maximum Gasteiger partial charge on any atom is 1.00 e. The molecule has 0 amide bonds. The predicted molar refractivity (Wildman–Crippen MR) is 47.9 cm³/mol. The summed E-state index contributed by atoms with van der Waals surface area (Å²) in [6.07, 6.45) is 3.09. The molecule has 5 heteroatoms. The molecule has 1 aromatic rings. The normalized spacial score (nSPS) is 18.8. The average Bonchev–Trinajstić information content (AvgIpc) is 2.45. The molecule has 1 aromatic carbocycles. The zero-order chi connectivity index (χ0) is 9.47. The van der Waals surface area contributed by atoms with Gasteiger partial charge in [-0.05, 0) is 11.1 Å². The Morgan fingerprint density at radius 3 is 2.50 bits per heavy atom. The summed E-state index contributed by atoms with van der Waals surface area (Å²) in [5.74, 6) is 0. The van der Waals surface area contributed by atoms with Gasteiger partial charge in [0, 0.05) is 0 Å². The molecule has 0 radical (unpaired) electrons. The van der Waals surface area contributed by atoms with Crippen LogP contribution >= 0.6 is 0 Å². The molecule has 0 bridgehead atoms. The number of hydrogen-bond donors (Lipinski definition) is 0. The van der Waals surface area contributed by atoms with Crippen LogP contribution in [-0.4, -0.2) is 13.0 Å². The van der Waals surface area contributed by atoms with Crippen molar-refractivity contribution in [2.75, 3.05) is 0 Å². The fraction of sp³-hybridized carbons (Fsp3) is 0.111. The van der Waals surface area contributed by atoms with E-state index in [1.165, 1.54) is 6.08 Å². The fourth-order valence-electron chi connectivity index (χ4n) is 1.47. The van der Waals surface area contributed by atoms with Crippen LogP contribution in [0, 0.1) is 0 Å². The van der Waals surface area contributed by atoms with Crippen molar-refractivity contribution in [3.63, 3.8) is 0 Å². The summed E-state index contributed by atoms with van der Waals surface area (Å²) in [5.41, 5.74) is 1.39. The van der Waals surface area contributed by atoms with E-state index in [-0.39, 0.29) is 29.6 Å². The second-order valence-corrected chi connectivity index (χ2v) is 4.39. The summed E-state index contributed by atoms with van der Waals surface area (Å²) in [6.45, 7) is 0. The van der Waals surface area contributed by atoms with Crippen molar-refractivity contribution < 1.29 is 42.5 Å². The Morgan fingerprint density at radius 1 is 1.21 bits per heavy atom. The van der Waals surface area contributed by atoms with E-state index < -0.39 is 15.4 Å². The topological polar surface area (TPSA) is 57.2 Å². The first-order chi connectivity index (χ1) is 6.09. The monoisotopic (exact) mass is 218 g/mol. The molecular weight excluding hydrogens is 211 g/mol. The van der Waals surface area contributed by atoms with Crippen molar-refractivity contribution in [1.29, 1.82) is 0 Å². The molecule has 1 aliphatic rings. The fourth-order valence-corrected chi connectivity index (χ4v) is 2.26. The second-order valence-electron chi connectivity index (χ2n) is 2.90. The van der Waals surface area contributed by atoms with Crippen molar-refractivity contribution in [1.82, 2.24) is 0 Å². The van der Waals surface area contributed by atoms with E-state index in [1.807, 2.05) is 6.07 Å². The minimum Gasteiger partial charge on any atom is -0.747 e. The molecular formula is C9H7NaO3S. The Hall–Kier alpha value is -0.130. The number of fused-ring (bicyclic) bond motifs is 1. The van der Waals surface area contributed by atoms with E-state index in [9.17, 15) is 13.0 Å². The molecule has 1 aliphatic carbocycles. The van der Waals surface area contributed by atoms with Gasteiger partial charge in [0.25, 0.3) is 0 Å². The Balaban J connectivity index is 0.000000980. The molecule has 0 aromatic heterocycles. The molecule has 3 nitrogen and oxygen atoms in total. The van der Waals surface area contributed by atoms with E-state index >= 15 is 0 Å². The van der Waals surface area contributed by atoms with Crippen LogP contribution in [0.5, 0.6) is 0 Å². The summed E-state index contributed by atoms with van der Waals surface area (Å²) in [6, 6.07) is 6.99. The number of benzene rings is 1. The first kappa shape index (κ1) is 11.9. The number of rotatable bonds is 1. The zero-order valence-electron chi connectivity index (χ0n) is 7.67. The molecule has 1 unspecified atom stereocenters. The van der Waals surface area contributed by atoms with Crippen LogP contribution in [0.25, 0.3) is 6.08 Å². The molecule has 0 heterocycles. The van der Waals surface area contributed by atoms with Gasteiger partial charge in [0.1, 0.15) is 10.1 Å². The third-order valence-corrected chi connectivity index (χ3v) is 3.10. The molecule has 0 N–H and O–H groups in total. The maximum absolute atomic E-state index is 10.8. The quantitative estimate of drug-likeness (QED) is 0.417. The van der Waals surface area contributed by atoms with Gasteiger partial charge in [-0.1, -0.05) is 36.4 Å². The van der Waals surface area contributed by atoms with Crippen LogP contribution < -0.4 is 29.6 Å². The molecule has 0 spiro atoms. The van der Waals surface area contributed by atoms with Crippen LogP contribution in [0.3, 0.4) is 0 Å². The Morgan fingerprint density at radius 2 is 1.86 bits per heavy atom. The molecule has 14 heavy (non-hydrogen) atoms. The van der Waals surface area contributed by atoms with Crippen molar-refractivity contribution >= 4 is 16.2 Å². The van der Waals surface area contributed by atoms with E-state index in [0.29, 0.717) is 5.56 Å². The van der Waals surface area contributed by atoms with Gasteiger partial charge in [-0.15, -0.1) is 0 Å². The third kappa shape index (κ3) is 2.10. The molecule has 2 rings (SSSR count). The minimum atomic E-state index is -4.25. The summed E-state index contributed by atoms with van der Waals surface area (Å²) >= 11 is 0. The molecule has 0 fully saturated rings. The first-order valence-corrected chi connectivity index (χ1v) is 5.28. The Kier molecular flexibility index (Phi) is 3.55. The molecule has 68 valence electrons. The van der Waals surface area contributed by atoms with Crippen molar-refractivity contribution in [3.8, 4) is 0 Å². The Labute approximate surface area is 105 Å². The van der Waals surface area contributed by atoms with E-state index in [2.05, 4.69) is 0 Å². The molecule has 0 saturated carbocycles. The summed E-state index contributed by atoms with van der Waals surface area (Å²) in [5, 5.41) is -0.997. The van der Waals surface area contributed by atoms with Crippen LogP contribution in [0.15, 0.2) is 30.3 Å². The SMILES string of the molecule is O=S(=O)([O-])C1C=Cc2ccccc21.[Na+]. The zero-order valence-corrected chi connectivity index (χ0v) is 10.5. The summed E-state index contributed by atoms with van der Waals surface area (Å²) in [7, 11) is -4.25. The average molecular weight is 218 g/mol. The van der Waals surface area contributed by atoms with Crippen molar-refractivity contribution in [3.05, 3.63) is 41.5 Å². The van der Waals surface area contributed by atoms with Crippen LogP contribution in [0.1, 0.15) is 16.4 Å². The molecule has 0 saturated heterocycles. The molecule has 0 aliphatic heterocycles. The number of hydrogen-bond acceptors (Lipinski definition) is 3. The predicted octanol–water partition coefficient (Wildman–Crippen LogP) is -1.70. The van der Waals surface area contributed by atoms with Crippen LogP contribution in [-0.2, 0) is 10.1 Å². The minimum absolute atomic E-state index is 0. The van der Waals surface area contributed by atoms with E-state index in [4.69, 9.17) is 0 Å². The van der Waals surface area contributed by atoms with Gasteiger partial charge in [0.05, 0.1) is 5.25 Å². The van der Waals surface area contributed by atoms with Gasteiger partial charge in [0.2, 0.25) is 0 Å². The van der Waals surface area contributed by atoms with Crippen LogP contribution in [0.4, 0.5) is 0 Å². The van der Waals surface area contributed by atoms with Gasteiger partial charge < -0.3 is 4.55 Å². The molecule has 1 atom stereocenters. The van der Waals surface area contributed by atoms with E-state index in [0.717, 1.165) is 5.56 Å².